The monoisotopic (exact) mass is 298 g/mol. The molecule has 3 N–H and O–H groups in total. The van der Waals surface area contributed by atoms with Crippen molar-refractivity contribution in [2.75, 3.05) is 11.1 Å². The summed E-state index contributed by atoms with van der Waals surface area (Å²) in [6, 6.07) is 7.51. The predicted octanol–water partition coefficient (Wildman–Crippen LogP) is 3.62. The number of nitrogens with one attached hydrogen (secondary N) is 1. The molecule has 0 spiro atoms. The van der Waals surface area contributed by atoms with Crippen LogP contribution in [-0.4, -0.2) is 9.91 Å². The van der Waals surface area contributed by atoms with Crippen molar-refractivity contribution in [3.05, 3.63) is 50.5 Å². The third kappa shape index (κ3) is 2.86. The Kier molecular flexibility index (Phi) is 3.73. The second-order valence-electron chi connectivity index (χ2n) is 3.59. The van der Waals surface area contributed by atoms with E-state index in [2.05, 4.69) is 10.3 Å². The van der Waals surface area contributed by atoms with Gasteiger partial charge >= 0.3 is 5.69 Å². The Morgan fingerprint density at radius 3 is 2.68 bits per heavy atom. The zero-order valence-electron chi connectivity index (χ0n) is 9.43. The fourth-order valence-corrected chi connectivity index (χ4v) is 1.78. The lowest BCUT2D eigenvalue weighted by molar-refractivity contribution is -0.384. The van der Waals surface area contributed by atoms with Gasteiger partial charge < -0.3 is 11.1 Å². The quantitative estimate of drug-likeness (QED) is 0.666. The number of anilines is 3. The van der Waals surface area contributed by atoms with Gasteiger partial charge in [0, 0.05) is 6.07 Å². The van der Waals surface area contributed by atoms with E-state index in [1.807, 2.05) is 0 Å². The van der Waals surface area contributed by atoms with E-state index in [1.54, 1.807) is 18.2 Å². The molecule has 0 unspecified atom stereocenters. The predicted molar refractivity (Wildman–Crippen MR) is 75.0 cm³/mol. The number of nitro groups is 1. The summed E-state index contributed by atoms with van der Waals surface area (Å²) in [4.78, 5) is 14.2. The summed E-state index contributed by atoms with van der Waals surface area (Å²) >= 11 is 11.9. The molecule has 0 radical (unpaired) electrons. The minimum absolute atomic E-state index is 0.00849. The normalized spacial score (nSPS) is 10.2. The van der Waals surface area contributed by atoms with Crippen molar-refractivity contribution in [3.8, 4) is 0 Å². The van der Waals surface area contributed by atoms with Crippen LogP contribution in [0.3, 0.4) is 0 Å². The molecule has 0 aliphatic carbocycles. The maximum Gasteiger partial charge on any atom is 0.311 e. The van der Waals surface area contributed by atoms with Crippen LogP contribution >= 0.6 is 23.2 Å². The summed E-state index contributed by atoms with van der Waals surface area (Å²) in [6.45, 7) is 0. The van der Waals surface area contributed by atoms with Crippen LogP contribution in [0.1, 0.15) is 0 Å². The molecule has 2 rings (SSSR count). The smallest absolute Gasteiger partial charge is 0.311 e. The van der Waals surface area contributed by atoms with Gasteiger partial charge in [0.15, 0.2) is 0 Å². The lowest BCUT2D eigenvalue weighted by Gasteiger charge is -2.09. The number of nitrogens with zero attached hydrogens (tertiary/aromatic N) is 2. The van der Waals surface area contributed by atoms with Crippen molar-refractivity contribution in [2.24, 2.45) is 0 Å². The van der Waals surface area contributed by atoms with Crippen molar-refractivity contribution in [1.82, 2.24) is 4.98 Å². The number of hydrogen-bond acceptors (Lipinski definition) is 5. The molecule has 0 fully saturated rings. The van der Waals surface area contributed by atoms with Gasteiger partial charge in [-0.05, 0) is 18.2 Å². The number of benzene rings is 1. The number of aromatic nitrogens is 1. The van der Waals surface area contributed by atoms with E-state index >= 15 is 0 Å². The largest absolute Gasteiger partial charge is 0.384 e. The number of hydrogen-bond donors (Lipinski definition) is 2. The molecule has 2 aromatic rings. The summed E-state index contributed by atoms with van der Waals surface area (Å²) in [6.07, 6.45) is 0. The first-order valence-electron chi connectivity index (χ1n) is 5.11. The van der Waals surface area contributed by atoms with Crippen LogP contribution < -0.4 is 11.1 Å². The van der Waals surface area contributed by atoms with Crippen molar-refractivity contribution < 1.29 is 4.92 Å². The molecule has 8 heteroatoms. The standard InChI is InChI=1S/C11H8Cl2N4O2/c12-6-2-1-3-7(10(6)13)15-11-8(17(18)19)4-5-9(14)16-11/h1-5H,(H3,14,15,16). The molecular weight excluding hydrogens is 291 g/mol. The highest BCUT2D eigenvalue weighted by Crippen LogP contribution is 2.33. The van der Waals surface area contributed by atoms with E-state index in [0.29, 0.717) is 10.7 Å². The van der Waals surface area contributed by atoms with Gasteiger partial charge in [-0.25, -0.2) is 4.98 Å². The summed E-state index contributed by atoms with van der Waals surface area (Å²) < 4.78 is 0. The van der Waals surface area contributed by atoms with Gasteiger partial charge in [-0.15, -0.1) is 0 Å². The Morgan fingerprint density at radius 2 is 2.00 bits per heavy atom. The molecule has 19 heavy (non-hydrogen) atoms. The molecule has 0 bridgehead atoms. The van der Waals surface area contributed by atoms with Gasteiger partial charge in [-0.3, -0.25) is 10.1 Å². The SMILES string of the molecule is Nc1ccc([N+](=O)[O-])c(Nc2cccc(Cl)c2Cl)n1. The lowest BCUT2D eigenvalue weighted by atomic mass is 10.3. The van der Waals surface area contributed by atoms with Gasteiger partial charge in [0.1, 0.15) is 5.82 Å². The summed E-state index contributed by atoms with van der Waals surface area (Å²) in [5.74, 6) is 0.167. The fraction of sp³-hybridized carbons (Fsp3) is 0. The molecule has 1 aromatic carbocycles. The number of rotatable bonds is 3. The zero-order chi connectivity index (χ0) is 14.0. The molecule has 0 saturated carbocycles. The van der Waals surface area contributed by atoms with Crippen LogP contribution in [0.4, 0.5) is 23.0 Å². The van der Waals surface area contributed by atoms with Crippen LogP contribution in [0.5, 0.6) is 0 Å². The molecule has 1 heterocycles. The topological polar surface area (TPSA) is 94.1 Å². The summed E-state index contributed by atoms with van der Waals surface area (Å²) in [7, 11) is 0. The second kappa shape index (κ2) is 5.29. The maximum absolute atomic E-state index is 10.9. The van der Waals surface area contributed by atoms with E-state index in [1.165, 1.54) is 12.1 Å². The van der Waals surface area contributed by atoms with Gasteiger partial charge in [-0.1, -0.05) is 29.3 Å². The molecule has 0 atom stereocenters. The van der Waals surface area contributed by atoms with Gasteiger partial charge in [0.05, 0.1) is 20.7 Å². The molecular formula is C11H8Cl2N4O2. The van der Waals surface area contributed by atoms with E-state index in [-0.39, 0.29) is 22.3 Å². The Morgan fingerprint density at radius 1 is 1.26 bits per heavy atom. The first-order chi connectivity index (χ1) is 8.99. The van der Waals surface area contributed by atoms with Crippen molar-refractivity contribution >= 4 is 46.2 Å². The van der Waals surface area contributed by atoms with Crippen LogP contribution in [0.25, 0.3) is 0 Å². The highest BCUT2D eigenvalue weighted by molar-refractivity contribution is 6.43. The number of pyridine rings is 1. The van der Waals surface area contributed by atoms with Gasteiger partial charge in [0.25, 0.3) is 0 Å². The number of halogens is 2. The van der Waals surface area contributed by atoms with E-state index in [0.717, 1.165) is 0 Å². The minimum Gasteiger partial charge on any atom is -0.384 e. The average molecular weight is 299 g/mol. The minimum atomic E-state index is -0.562. The fourth-order valence-electron chi connectivity index (χ4n) is 1.43. The third-order valence-corrected chi connectivity index (χ3v) is 3.12. The highest BCUT2D eigenvalue weighted by atomic mass is 35.5. The molecule has 98 valence electrons. The second-order valence-corrected chi connectivity index (χ2v) is 4.37. The first kappa shape index (κ1) is 13.4. The Bertz CT molecular complexity index is 649. The zero-order valence-corrected chi connectivity index (χ0v) is 10.9. The highest BCUT2D eigenvalue weighted by Gasteiger charge is 2.17. The van der Waals surface area contributed by atoms with Gasteiger partial charge in [-0.2, -0.15) is 0 Å². The molecule has 0 saturated heterocycles. The maximum atomic E-state index is 10.9. The summed E-state index contributed by atoms with van der Waals surface area (Å²) in [5.41, 5.74) is 5.73. The first-order valence-corrected chi connectivity index (χ1v) is 5.86. The van der Waals surface area contributed by atoms with E-state index in [4.69, 9.17) is 28.9 Å². The lowest BCUT2D eigenvalue weighted by Crippen LogP contribution is -2.02. The Labute approximate surface area is 118 Å². The number of nitrogens with two attached hydrogens (primary N) is 1. The Hall–Kier alpha value is -2.05. The van der Waals surface area contributed by atoms with E-state index < -0.39 is 4.92 Å². The van der Waals surface area contributed by atoms with Crippen LogP contribution in [0, 0.1) is 10.1 Å². The van der Waals surface area contributed by atoms with Crippen LogP contribution in [-0.2, 0) is 0 Å². The average Bonchev–Trinajstić information content (AvgIpc) is 2.35. The molecule has 0 amide bonds. The molecule has 1 aromatic heterocycles. The third-order valence-electron chi connectivity index (χ3n) is 2.30. The van der Waals surface area contributed by atoms with Crippen molar-refractivity contribution in [1.29, 1.82) is 0 Å². The van der Waals surface area contributed by atoms with E-state index in [9.17, 15) is 10.1 Å². The molecule has 0 aliphatic heterocycles. The van der Waals surface area contributed by atoms with Crippen molar-refractivity contribution in [3.63, 3.8) is 0 Å². The molecule has 0 aliphatic rings. The number of nitrogen functional groups attached to an aromatic ring is 1. The Balaban J connectivity index is 2.45. The van der Waals surface area contributed by atoms with Crippen LogP contribution in [0.2, 0.25) is 10.0 Å². The summed E-state index contributed by atoms with van der Waals surface area (Å²) in [5, 5.41) is 14.2. The van der Waals surface area contributed by atoms with Gasteiger partial charge in [0.2, 0.25) is 5.82 Å². The van der Waals surface area contributed by atoms with Crippen LogP contribution in [0.15, 0.2) is 30.3 Å². The molecule has 6 nitrogen and oxygen atoms in total. The van der Waals surface area contributed by atoms with Crippen molar-refractivity contribution in [2.45, 2.75) is 0 Å².